The van der Waals surface area contributed by atoms with Crippen LogP contribution >= 0.6 is 0 Å². The number of hydrogen-bond donors (Lipinski definition) is 0. The molecule has 1 heterocycles. The maximum atomic E-state index is 5.40. The number of benzene rings is 2. The van der Waals surface area contributed by atoms with Crippen LogP contribution in [-0.2, 0) is 6.54 Å². The minimum Gasteiger partial charge on any atom is -0.494 e. The van der Waals surface area contributed by atoms with Crippen molar-refractivity contribution < 1.29 is 4.74 Å². The Balaban J connectivity index is 2.07. The highest BCUT2D eigenvalue weighted by atomic mass is 16.5. The van der Waals surface area contributed by atoms with Crippen molar-refractivity contribution in [2.75, 3.05) is 7.11 Å². The first kappa shape index (κ1) is 10.8. The molecule has 0 amide bonds. The smallest absolute Gasteiger partial charge is 0.144 e. The van der Waals surface area contributed by atoms with Crippen molar-refractivity contribution in [2.45, 2.75) is 6.54 Å². The molecule has 0 aliphatic heterocycles. The predicted octanol–water partition coefficient (Wildman–Crippen LogP) is 3.09. The van der Waals surface area contributed by atoms with Crippen molar-refractivity contribution in [3.8, 4) is 5.75 Å². The Morgan fingerprint density at radius 3 is 2.67 bits per heavy atom. The first-order valence-corrected chi connectivity index (χ1v) is 5.90. The molecule has 0 fully saturated rings. The van der Waals surface area contributed by atoms with Crippen molar-refractivity contribution in [3.05, 3.63) is 60.4 Å². The number of ether oxygens (including phenoxy) is 1. The van der Waals surface area contributed by atoms with Gasteiger partial charge < -0.3 is 9.30 Å². The van der Waals surface area contributed by atoms with E-state index >= 15 is 0 Å². The molecule has 0 bridgehead atoms. The summed E-state index contributed by atoms with van der Waals surface area (Å²) in [5.41, 5.74) is 3.26. The molecule has 0 spiro atoms. The van der Waals surface area contributed by atoms with Crippen LogP contribution in [0.4, 0.5) is 0 Å². The lowest BCUT2D eigenvalue weighted by molar-refractivity contribution is 0.417. The Kier molecular flexibility index (Phi) is 2.73. The number of fused-ring (bicyclic) bond motifs is 1. The number of hydrogen-bond acceptors (Lipinski definition) is 2. The number of nitrogens with zero attached hydrogens (tertiary/aromatic N) is 2. The van der Waals surface area contributed by atoms with Crippen LogP contribution in [0.5, 0.6) is 5.75 Å². The molecule has 3 nitrogen and oxygen atoms in total. The molecule has 2 aromatic carbocycles. The zero-order chi connectivity index (χ0) is 12.4. The first-order valence-electron chi connectivity index (χ1n) is 5.90. The lowest BCUT2D eigenvalue weighted by Crippen LogP contribution is -1.99. The fraction of sp³-hybridized carbons (Fsp3) is 0.133. The quantitative estimate of drug-likeness (QED) is 0.701. The Morgan fingerprint density at radius 1 is 1.06 bits per heavy atom. The largest absolute Gasteiger partial charge is 0.494 e. The summed E-state index contributed by atoms with van der Waals surface area (Å²) in [5.74, 6) is 0.862. The zero-order valence-corrected chi connectivity index (χ0v) is 10.2. The highest BCUT2D eigenvalue weighted by Gasteiger charge is 2.08. The van der Waals surface area contributed by atoms with Gasteiger partial charge in [-0.1, -0.05) is 36.4 Å². The lowest BCUT2D eigenvalue weighted by Gasteiger charge is -2.07. The van der Waals surface area contributed by atoms with Crippen LogP contribution < -0.4 is 4.74 Å². The second kappa shape index (κ2) is 4.53. The predicted molar refractivity (Wildman–Crippen MR) is 71.8 cm³/mol. The normalized spacial score (nSPS) is 10.7. The van der Waals surface area contributed by atoms with Gasteiger partial charge in [-0.25, -0.2) is 4.98 Å². The van der Waals surface area contributed by atoms with Gasteiger partial charge in [0.25, 0.3) is 0 Å². The lowest BCUT2D eigenvalue weighted by atomic mass is 10.2. The Morgan fingerprint density at radius 2 is 1.89 bits per heavy atom. The SMILES string of the molecule is COc1cccc2ncn(Cc3ccccc3)c12. The van der Waals surface area contributed by atoms with Gasteiger partial charge >= 0.3 is 0 Å². The fourth-order valence-corrected chi connectivity index (χ4v) is 2.16. The van der Waals surface area contributed by atoms with E-state index in [1.807, 2.05) is 42.7 Å². The Hall–Kier alpha value is -2.29. The standard InChI is InChI=1S/C15H14N2O/c1-18-14-9-5-8-13-15(14)17(11-16-13)10-12-6-3-2-4-7-12/h2-9,11H,10H2,1H3. The summed E-state index contributed by atoms with van der Waals surface area (Å²) >= 11 is 0. The average Bonchev–Trinajstić information content (AvgIpc) is 2.83. The van der Waals surface area contributed by atoms with Gasteiger partial charge in [0, 0.05) is 6.54 Å². The van der Waals surface area contributed by atoms with E-state index in [9.17, 15) is 0 Å². The first-order chi connectivity index (χ1) is 8.88. The molecule has 3 rings (SSSR count). The van der Waals surface area contributed by atoms with Crippen LogP contribution in [0.15, 0.2) is 54.9 Å². The third-order valence-corrected chi connectivity index (χ3v) is 3.02. The van der Waals surface area contributed by atoms with E-state index in [-0.39, 0.29) is 0 Å². The summed E-state index contributed by atoms with van der Waals surface area (Å²) in [6.45, 7) is 0.803. The van der Waals surface area contributed by atoms with Gasteiger partial charge in [-0.2, -0.15) is 0 Å². The van der Waals surface area contributed by atoms with Crippen molar-refractivity contribution in [1.82, 2.24) is 9.55 Å². The van der Waals surface area contributed by atoms with Crippen LogP contribution in [0.2, 0.25) is 0 Å². The van der Waals surface area contributed by atoms with Gasteiger partial charge in [-0.3, -0.25) is 0 Å². The molecule has 0 saturated carbocycles. The van der Waals surface area contributed by atoms with Crippen LogP contribution in [0.1, 0.15) is 5.56 Å². The molecule has 90 valence electrons. The van der Waals surface area contributed by atoms with Crippen molar-refractivity contribution >= 4 is 11.0 Å². The maximum Gasteiger partial charge on any atom is 0.144 e. The third kappa shape index (κ3) is 1.84. The second-order valence-electron chi connectivity index (χ2n) is 4.19. The Labute approximate surface area is 106 Å². The van der Waals surface area contributed by atoms with Gasteiger partial charge in [-0.15, -0.1) is 0 Å². The molecule has 0 unspecified atom stereocenters. The van der Waals surface area contributed by atoms with Gasteiger partial charge in [0.1, 0.15) is 11.3 Å². The summed E-state index contributed by atoms with van der Waals surface area (Å²) in [5, 5.41) is 0. The molecule has 3 heteroatoms. The van der Waals surface area contributed by atoms with Gasteiger partial charge in [-0.05, 0) is 17.7 Å². The van der Waals surface area contributed by atoms with Crippen molar-refractivity contribution in [2.24, 2.45) is 0 Å². The molecular weight excluding hydrogens is 224 g/mol. The fourth-order valence-electron chi connectivity index (χ4n) is 2.16. The van der Waals surface area contributed by atoms with E-state index in [0.717, 1.165) is 23.3 Å². The molecule has 0 aliphatic carbocycles. The van der Waals surface area contributed by atoms with Gasteiger partial charge in [0.2, 0.25) is 0 Å². The summed E-state index contributed by atoms with van der Waals surface area (Å²) in [6, 6.07) is 16.3. The monoisotopic (exact) mass is 238 g/mol. The molecule has 0 radical (unpaired) electrons. The van der Waals surface area contributed by atoms with E-state index in [4.69, 9.17) is 4.74 Å². The van der Waals surface area contributed by atoms with Gasteiger partial charge in [0.05, 0.1) is 19.0 Å². The second-order valence-corrected chi connectivity index (χ2v) is 4.19. The van der Waals surface area contributed by atoms with E-state index in [1.54, 1.807) is 7.11 Å². The van der Waals surface area contributed by atoms with Crippen LogP contribution in [0.3, 0.4) is 0 Å². The molecular formula is C15H14N2O. The summed E-state index contributed by atoms with van der Waals surface area (Å²) in [4.78, 5) is 4.41. The summed E-state index contributed by atoms with van der Waals surface area (Å²) in [6.07, 6.45) is 1.86. The van der Waals surface area contributed by atoms with E-state index in [2.05, 4.69) is 21.7 Å². The van der Waals surface area contributed by atoms with Crippen molar-refractivity contribution in [1.29, 1.82) is 0 Å². The molecule has 0 saturated heterocycles. The number of para-hydroxylation sites is 1. The minimum atomic E-state index is 0.803. The highest BCUT2D eigenvalue weighted by molar-refractivity contribution is 5.82. The Bertz CT molecular complexity index is 659. The minimum absolute atomic E-state index is 0.803. The summed E-state index contributed by atoms with van der Waals surface area (Å²) < 4.78 is 7.52. The van der Waals surface area contributed by atoms with Crippen LogP contribution in [0.25, 0.3) is 11.0 Å². The molecule has 0 aliphatic rings. The molecule has 1 aromatic heterocycles. The molecule has 18 heavy (non-hydrogen) atoms. The number of methoxy groups -OCH3 is 1. The highest BCUT2D eigenvalue weighted by Crippen LogP contribution is 2.25. The number of rotatable bonds is 3. The van der Waals surface area contributed by atoms with Crippen LogP contribution in [0, 0.1) is 0 Å². The molecule has 0 atom stereocenters. The van der Waals surface area contributed by atoms with Crippen molar-refractivity contribution in [3.63, 3.8) is 0 Å². The summed E-state index contributed by atoms with van der Waals surface area (Å²) in [7, 11) is 1.69. The molecule has 3 aromatic rings. The van der Waals surface area contributed by atoms with E-state index in [1.165, 1.54) is 5.56 Å². The number of aromatic nitrogens is 2. The zero-order valence-electron chi connectivity index (χ0n) is 10.2. The average molecular weight is 238 g/mol. The van der Waals surface area contributed by atoms with E-state index < -0.39 is 0 Å². The van der Waals surface area contributed by atoms with Gasteiger partial charge in [0.15, 0.2) is 0 Å². The molecule has 0 N–H and O–H groups in total. The van der Waals surface area contributed by atoms with E-state index in [0.29, 0.717) is 0 Å². The van der Waals surface area contributed by atoms with Crippen LogP contribution in [-0.4, -0.2) is 16.7 Å². The third-order valence-electron chi connectivity index (χ3n) is 3.02. The topological polar surface area (TPSA) is 27.1 Å². The maximum absolute atomic E-state index is 5.40. The number of imidazole rings is 1.